The summed E-state index contributed by atoms with van der Waals surface area (Å²) in [5, 5.41) is 16.0. The van der Waals surface area contributed by atoms with Crippen molar-refractivity contribution < 1.29 is 18.9 Å². The lowest BCUT2D eigenvalue weighted by atomic mass is 10.0. The number of nitro groups is 1. The Kier molecular flexibility index (Phi) is 6.24. The van der Waals surface area contributed by atoms with E-state index in [0.29, 0.717) is 32.6 Å². The van der Waals surface area contributed by atoms with Gasteiger partial charge in [0.2, 0.25) is 5.88 Å². The van der Waals surface area contributed by atoms with Gasteiger partial charge in [0, 0.05) is 23.6 Å². The molecule has 29 heavy (non-hydrogen) atoms. The van der Waals surface area contributed by atoms with Gasteiger partial charge in [0.15, 0.2) is 0 Å². The van der Waals surface area contributed by atoms with Gasteiger partial charge < -0.3 is 14.0 Å². The number of halogens is 2. The topological polar surface area (TPSA) is 101 Å². The van der Waals surface area contributed by atoms with Crippen LogP contribution in [-0.4, -0.2) is 22.2 Å². The monoisotopic (exact) mass is 437 g/mol. The molecule has 0 N–H and O–H groups in total. The molecular weight excluding hydrogens is 421 g/mol. The fourth-order valence-electron chi connectivity index (χ4n) is 2.77. The van der Waals surface area contributed by atoms with E-state index in [2.05, 4.69) is 10.1 Å². The SMILES string of the molecule is COc1nc(OCc2c(-c3c(Cl)cccc3Cl)noc2C(C)C)ccc1[N+](=O)[O-]. The fourth-order valence-corrected chi connectivity index (χ4v) is 3.34. The van der Waals surface area contributed by atoms with Gasteiger partial charge in [0.05, 0.1) is 27.6 Å². The molecule has 0 atom stereocenters. The van der Waals surface area contributed by atoms with Gasteiger partial charge >= 0.3 is 5.69 Å². The number of hydrogen-bond donors (Lipinski definition) is 0. The maximum atomic E-state index is 11.0. The van der Waals surface area contributed by atoms with Crippen LogP contribution < -0.4 is 9.47 Å². The number of hydrogen-bond acceptors (Lipinski definition) is 7. The number of rotatable bonds is 7. The van der Waals surface area contributed by atoms with Gasteiger partial charge in [-0.25, -0.2) is 0 Å². The summed E-state index contributed by atoms with van der Waals surface area (Å²) in [5.41, 5.74) is 1.42. The summed E-state index contributed by atoms with van der Waals surface area (Å²) in [6, 6.07) is 7.82. The first-order valence-electron chi connectivity index (χ1n) is 8.58. The molecule has 0 saturated heterocycles. The molecule has 152 valence electrons. The molecule has 0 spiro atoms. The Bertz CT molecular complexity index is 1030. The molecule has 0 aliphatic heterocycles. The minimum atomic E-state index is -0.579. The molecule has 0 amide bonds. The van der Waals surface area contributed by atoms with E-state index in [0.717, 1.165) is 0 Å². The van der Waals surface area contributed by atoms with Crippen molar-refractivity contribution in [1.82, 2.24) is 10.1 Å². The number of benzene rings is 1. The molecule has 0 saturated carbocycles. The predicted molar refractivity (Wildman–Crippen MR) is 108 cm³/mol. The zero-order chi connectivity index (χ0) is 21.1. The third kappa shape index (κ3) is 4.28. The van der Waals surface area contributed by atoms with Crippen LogP contribution in [0.2, 0.25) is 10.0 Å². The summed E-state index contributed by atoms with van der Waals surface area (Å²) in [6.45, 7) is 3.95. The van der Waals surface area contributed by atoms with E-state index < -0.39 is 4.92 Å². The van der Waals surface area contributed by atoms with Gasteiger partial charge in [-0.15, -0.1) is 0 Å². The van der Waals surface area contributed by atoms with E-state index in [-0.39, 0.29) is 30.0 Å². The Morgan fingerprint density at radius 1 is 1.21 bits per heavy atom. The second-order valence-corrected chi connectivity index (χ2v) is 7.16. The summed E-state index contributed by atoms with van der Waals surface area (Å²) in [6.07, 6.45) is 0. The van der Waals surface area contributed by atoms with Crippen molar-refractivity contribution in [2.75, 3.05) is 7.11 Å². The van der Waals surface area contributed by atoms with Crippen molar-refractivity contribution in [1.29, 1.82) is 0 Å². The lowest BCUT2D eigenvalue weighted by Crippen LogP contribution is -2.04. The van der Waals surface area contributed by atoms with Crippen LogP contribution >= 0.6 is 23.2 Å². The van der Waals surface area contributed by atoms with Gasteiger partial charge in [0.1, 0.15) is 18.1 Å². The lowest BCUT2D eigenvalue weighted by Gasteiger charge is -2.10. The lowest BCUT2D eigenvalue weighted by molar-refractivity contribution is -0.386. The highest BCUT2D eigenvalue weighted by Gasteiger charge is 2.24. The molecule has 3 aromatic rings. The molecule has 0 aliphatic carbocycles. The maximum absolute atomic E-state index is 11.0. The number of aromatic nitrogens is 2. The van der Waals surface area contributed by atoms with E-state index in [1.54, 1.807) is 18.2 Å². The Hall–Kier alpha value is -2.84. The summed E-state index contributed by atoms with van der Waals surface area (Å²) in [7, 11) is 1.30. The standard InChI is InChI=1S/C19H17Cl2N3O5/c1-10(2)18-11(17(23-29-18)16-12(20)5-4-6-13(16)21)9-28-15-8-7-14(24(25)26)19(22-15)27-3/h4-8,10H,9H2,1-3H3. The van der Waals surface area contributed by atoms with E-state index in [1.807, 2.05) is 13.8 Å². The molecule has 0 bridgehead atoms. The van der Waals surface area contributed by atoms with Gasteiger partial charge in [-0.3, -0.25) is 10.1 Å². The van der Waals surface area contributed by atoms with Crippen LogP contribution in [0.25, 0.3) is 11.3 Å². The highest BCUT2D eigenvalue weighted by atomic mass is 35.5. The van der Waals surface area contributed by atoms with Crippen LogP contribution in [0, 0.1) is 10.1 Å². The summed E-state index contributed by atoms with van der Waals surface area (Å²) in [4.78, 5) is 14.5. The van der Waals surface area contributed by atoms with Crippen molar-refractivity contribution in [3.63, 3.8) is 0 Å². The molecule has 10 heteroatoms. The number of nitrogens with zero attached hydrogens (tertiary/aromatic N) is 3. The average molecular weight is 438 g/mol. The molecule has 8 nitrogen and oxygen atoms in total. The quantitative estimate of drug-likeness (QED) is 0.346. The molecule has 0 fully saturated rings. The Morgan fingerprint density at radius 2 is 1.90 bits per heavy atom. The largest absolute Gasteiger partial charge is 0.476 e. The third-order valence-electron chi connectivity index (χ3n) is 4.11. The zero-order valence-corrected chi connectivity index (χ0v) is 17.3. The zero-order valence-electron chi connectivity index (χ0n) is 15.8. The summed E-state index contributed by atoms with van der Waals surface area (Å²) in [5.74, 6) is 0.649. The van der Waals surface area contributed by atoms with Crippen LogP contribution in [0.3, 0.4) is 0 Å². The highest BCUT2D eigenvalue weighted by Crippen LogP contribution is 2.39. The Morgan fingerprint density at radius 3 is 2.48 bits per heavy atom. The van der Waals surface area contributed by atoms with E-state index in [4.69, 9.17) is 37.2 Å². The van der Waals surface area contributed by atoms with Gasteiger partial charge in [-0.2, -0.15) is 4.98 Å². The molecule has 3 rings (SSSR count). The maximum Gasteiger partial charge on any atom is 0.331 e. The molecule has 2 heterocycles. The molecular formula is C19H17Cl2N3O5. The molecule has 0 aliphatic rings. The predicted octanol–water partition coefficient (Wildman–Crippen LogP) is 5.66. The van der Waals surface area contributed by atoms with Gasteiger partial charge in [-0.05, 0) is 12.1 Å². The van der Waals surface area contributed by atoms with Crippen LogP contribution in [0.5, 0.6) is 11.8 Å². The van der Waals surface area contributed by atoms with Crippen LogP contribution in [0.15, 0.2) is 34.9 Å². The number of ether oxygens (including phenoxy) is 2. The first-order chi connectivity index (χ1) is 13.8. The highest BCUT2D eigenvalue weighted by molar-refractivity contribution is 6.39. The fraction of sp³-hybridized carbons (Fsp3) is 0.263. The molecule has 0 radical (unpaired) electrons. The minimum Gasteiger partial charge on any atom is -0.476 e. The van der Waals surface area contributed by atoms with E-state index in [9.17, 15) is 10.1 Å². The van der Waals surface area contributed by atoms with Crippen molar-refractivity contribution in [3.8, 4) is 23.0 Å². The molecule has 0 unspecified atom stereocenters. The van der Waals surface area contributed by atoms with Crippen molar-refractivity contribution in [2.45, 2.75) is 26.4 Å². The second kappa shape index (κ2) is 8.67. The van der Waals surface area contributed by atoms with Gasteiger partial charge in [0.25, 0.3) is 5.88 Å². The summed E-state index contributed by atoms with van der Waals surface area (Å²) >= 11 is 12.7. The van der Waals surface area contributed by atoms with E-state index >= 15 is 0 Å². The van der Waals surface area contributed by atoms with Crippen LogP contribution in [0.1, 0.15) is 31.1 Å². The third-order valence-corrected chi connectivity index (χ3v) is 4.74. The second-order valence-electron chi connectivity index (χ2n) is 6.35. The smallest absolute Gasteiger partial charge is 0.331 e. The van der Waals surface area contributed by atoms with Crippen molar-refractivity contribution in [2.24, 2.45) is 0 Å². The van der Waals surface area contributed by atoms with Crippen molar-refractivity contribution >= 4 is 28.9 Å². The molecule has 1 aromatic carbocycles. The van der Waals surface area contributed by atoms with Gasteiger partial charge in [-0.1, -0.05) is 48.3 Å². The van der Waals surface area contributed by atoms with Crippen LogP contribution in [0.4, 0.5) is 5.69 Å². The van der Waals surface area contributed by atoms with Crippen molar-refractivity contribution in [3.05, 3.63) is 61.8 Å². The van der Waals surface area contributed by atoms with Crippen LogP contribution in [-0.2, 0) is 6.61 Å². The number of methoxy groups -OCH3 is 1. The normalized spacial score (nSPS) is 11.0. The minimum absolute atomic E-state index is 0.0236. The average Bonchev–Trinajstić information content (AvgIpc) is 3.09. The summed E-state index contributed by atoms with van der Waals surface area (Å²) < 4.78 is 16.3. The number of pyridine rings is 1. The Balaban J connectivity index is 1.97. The first kappa shape index (κ1) is 20.9. The molecule has 2 aromatic heterocycles. The van der Waals surface area contributed by atoms with E-state index in [1.165, 1.54) is 19.2 Å². The first-order valence-corrected chi connectivity index (χ1v) is 9.34. The Labute approximate surface area is 176 Å².